The van der Waals surface area contributed by atoms with E-state index in [9.17, 15) is 9.18 Å². The molecule has 5 heteroatoms. The first-order valence-corrected chi connectivity index (χ1v) is 6.03. The van der Waals surface area contributed by atoms with Crippen LogP contribution in [0, 0.1) is 5.82 Å². The molecule has 0 fully saturated rings. The normalized spacial score (nSPS) is 10.1. The average molecular weight is 301 g/mol. The molecule has 0 radical (unpaired) electrons. The predicted molar refractivity (Wildman–Crippen MR) is 63.9 cm³/mol. The van der Waals surface area contributed by atoms with Crippen molar-refractivity contribution < 1.29 is 13.9 Å². The summed E-state index contributed by atoms with van der Waals surface area (Å²) >= 11 is 4.53. The minimum absolute atomic E-state index is 0.371. The molecule has 2 aromatic rings. The molecule has 1 heterocycles. The Labute approximate surface area is 104 Å². The van der Waals surface area contributed by atoms with Gasteiger partial charge in [0.2, 0.25) is 0 Å². The lowest BCUT2D eigenvalue weighted by atomic mass is 10.3. The number of carbonyl (C=O) groups is 1. The fraction of sp³-hybridized carbons (Fsp3) is 0. The lowest BCUT2D eigenvalue weighted by molar-refractivity contribution is 0.112. The average Bonchev–Trinajstić information content (AvgIpc) is 2.71. The summed E-state index contributed by atoms with van der Waals surface area (Å²) in [5.41, 5.74) is 0. The summed E-state index contributed by atoms with van der Waals surface area (Å²) in [5, 5.41) is 1.70. The first-order valence-electron chi connectivity index (χ1n) is 4.35. The molecule has 0 N–H and O–H groups in total. The van der Waals surface area contributed by atoms with Gasteiger partial charge >= 0.3 is 0 Å². The van der Waals surface area contributed by atoms with Crippen molar-refractivity contribution in [1.82, 2.24) is 0 Å². The summed E-state index contributed by atoms with van der Waals surface area (Å²) in [4.78, 5) is 11.1. The van der Waals surface area contributed by atoms with Gasteiger partial charge in [-0.25, -0.2) is 4.39 Å². The third-order valence-electron chi connectivity index (χ3n) is 1.83. The fourth-order valence-electron chi connectivity index (χ4n) is 1.13. The molecule has 82 valence electrons. The van der Waals surface area contributed by atoms with Crippen LogP contribution in [-0.4, -0.2) is 6.29 Å². The first-order chi connectivity index (χ1) is 7.69. The number of ether oxygens (including phenoxy) is 1. The summed E-state index contributed by atoms with van der Waals surface area (Å²) in [6, 6.07) is 5.79. The molecule has 1 aromatic carbocycles. The summed E-state index contributed by atoms with van der Waals surface area (Å²) in [7, 11) is 0. The molecule has 0 bridgehead atoms. The van der Waals surface area contributed by atoms with Crippen molar-refractivity contribution in [2.45, 2.75) is 0 Å². The van der Waals surface area contributed by atoms with Gasteiger partial charge in [0.1, 0.15) is 17.3 Å². The van der Waals surface area contributed by atoms with Crippen LogP contribution in [0.1, 0.15) is 9.67 Å². The molecule has 0 aliphatic carbocycles. The second-order valence-electron chi connectivity index (χ2n) is 2.98. The highest BCUT2D eigenvalue weighted by Crippen LogP contribution is 2.32. The van der Waals surface area contributed by atoms with Crippen LogP contribution in [0.15, 0.2) is 34.1 Å². The zero-order valence-electron chi connectivity index (χ0n) is 7.94. The Kier molecular flexibility index (Phi) is 3.36. The number of carbonyl (C=O) groups excluding carboxylic acids is 1. The van der Waals surface area contributed by atoms with Gasteiger partial charge in [0.15, 0.2) is 6.29 Å². The summed E-state index contributed by atoms with van der Waals surface area (Å²) in [5.74, 6) is 0.540. The van der Waals surface area contributed by atoms with Gasteiger partial charge in [0.05, 0.1) is 9.35 Å². The standard InChI is InChI=1S/C11H6BrFO2S/c12-10-2-1-7(13)3-11(10)15-8-4-9(5-14)16-6-8/h1-6H. The van der Waals surface area contributed by atoms with Crippen LogP contribution in [0.3, 0.4) is 0 Å². The second-order valence-corrected chi connectivity index (χ2v) is 4.78. The maximum atomic E-state index is 13.0. The zero-order valence-corrected chi connectivity index (χ0v) is 10.3. The molecule has 2 rings (SSSR count). The van der Waals surface area contributed by atoms with Crippen molar-refractivity contribution in [3.8, 4) is 11.5 Å². The molecule has 0 amide bonds. The molecule has 0 saturated carbocycles. The zero-order chi connectivity index (χ0) is 11.5. The third kappa shape index (κ3) is 2.48. The topological polar surface area (TPSA) is 26.3 Å². The highest BCUT2D eigenvalue weighted by atomic mass is 79.9. The van der Waals surface area contributed by atoms with Crippen LogP contribution < -0.4 is 4.74 Å². The maximum Gasteiger partial charge on any atom is 0.160 e. The lowest BCUT2D eigenvalue weighted by Crippen LogP contribution is -1.85. The number of thiophene rings is 1. The van der Waals surface area contributed by atoms with E-state index in [-0.39, 0.29) is 5.82 Å². The molecule has 0 atom stereocenters. The smallest absolute Gasteiger partial charge is 0.160 e. The van der Waals surface area contributed by atoms with Crippen LogP contribution in [0.25, 0.3) is 0 Å². The second kappa shape index (κ2) is 4.76. The highest BCUT2D eigenvalue weighted by molar-refractivity contribution is 9.10. The molecule has 0 unspecified atom stereocenters. The van der Waals surface area contributed by atoms with Crippen LogP contribution in [0.5, 0.6) is 11.5 Å². The van der Waals surface area contributed by atoms with Crippen LogP contribution >= 0.6 is 27.3 Å². The molecular weight excluding hydrogens is 295 g/mol. The molecular formula is C11H6BrFO2S. The number of rotatable bonds is 3. The molecule has 0 aliphatic heterocycles. The Bertz CT molecular complexity index is 524. The van der Waals surface area contributed by atoms with Gasteiger partial charge < -0.3 is 4.74 Å². The van der Waals surface area contributed by atoms with E-state index in [0.717, 1.165) is 6.29 Å². The lowest BCUT2D eigenvalue weighted by Gasteiger charge is -2.05. The van der Waals surface area contributed by atoms with E-state index in [1.165, 1.54) is 23.5 Å². The van der Waals surface area contributed by atoms with Gasteiger partial charge in [-0.15, -0.1) is 11.3 Å². The minimum Gasteiger partial charge on any atom is -0.455 e. The van der Waals surface area contributed by atoms with Gasteiger partial charge in [-0.1, -0.05) is 0 Å². The van der Waals surface area contributed by atoms with E-state index in [2.05, 4.69) is 15.9 Å². The fourth-order valence-corrected chi connectivity index (χ4v) is 2.07. The SMILES string of the molecule is O=Cc1cc(Oc2cc(F)ccc2Br)cs1. The summed E-state index contributed by atoms with van der Waals surface area (Å²) < 4.78 is 19.1. The van der Waals surface area contributed by atoms with Gasteiger partial charge in [0.25, 0.3) is 0 Å². The molecule has 16 heavy (non-hydrogen) atoms. The summed E-state index contributed by atoms with van der Waals surface area (Å²) in [6.07, 6.45) is 0.748. The van der Waals surface area contributed by atoms with Crippen molar-refractivity contribution in [1.29, 1.82) is 0 Å². The largest absolute Gasteiger partial charge is 0.455 e. The Balaban J connectivity index is 2.26. The molecule has 2 nitrogen and oxygen atoms in total. The van der Waals surface area contributed by atoms with Crippen molar-refractivity contribution in [3.63, 3.8) is 0 Å². The molecule has 0 saturated heterocycles. The quantitative estimate of drug-likeness (QED) is 0.792. The van der Waals surface area contributed by atoms with Crippen molar-refractivity contribution in [2.75, 3.05) is 0 Å². The number of hydrogen-bond acceptors (Lipinski definition) is 3. The van der Waals surface area contributed by atoms with E-state index in [1.807, 2.05) is 0 Å². The monoisotopic (exact) mass is 300 g/mol. The Morgan fingerprint density at radius 2 is 2.19 bits per heavy atom. The first kappa shape index (κ1) is 11.3. The van der Waals surface area contributed by atoms with E-state index < -0.39 is 0 Å². The van der Waals surface area contributed by atoms with Crippen molar-refractivity contribution >= 4 is 33.6 Å². The van der Waals surface area contributed by atoms with Gasteiger partial charge in [0, 0.05) is 17.5 Å². The van der Waals surface area contributed by atoms with Gasteiger partial charge in [-0.05, 0) is 28.1 Å². The van der Waals surface area contributed by atoms with E-state index in [1.54, 1.807) is 17.5 Å². The van der Waals surface area contributed by atoms with Crippen LogP contribution in [0.4, 0.5) is 4.39 Å². The van der Waals surface area contributed by atoms with E-state index in [0.29, 0.717) is 20.8 Å². The summed E-state index contributed by atoms with van der Waals surface area (Å²) in [6.45, 7) is 0. The minimum atomic E-state index is -0.371. The van der Waals surface area contributed by atoms with E-state index in [4.69, 9.17) is 4.74 Å². The maximum absolute atomic E-state index is 13.0. The molecule has 1 aromatic heterocycles. The predicted octanol–water partition coefficient (Wildman–Crippen LogP) is 4.25. The van der Waals surface area contributed by atoms with Crippen LogP contribution in [0.2, 0.25) is 0 Å². The van der Waals surface area contributed by atoms with Crippen LogP contribution in [-0.2, 0) is 0 Å². The van der Waals surface area contributed by atoms with Crippen molar-refractivity contribution in [3.05, 3.63) is 44.8 Å². The number of aldehydes is 1. The Morgan fingerprint density at radius 1 is 1.38 bits per heavy atom. The van der Waals surface area contributed by atoms with Gasteiger partial charge in [-0.2, -0.15) is 0 Å². The number of hydrogen-bond donors (Lipinski definition) is 0. The van der Waals surface area contributed by atoms with E-state index >= 15 is 0 Å². The molecule has 0 aliphatic rings. The number of halogens is 2. The third-order valence-corrected chi connectivity index (χ3v) is 3.32. The highest BCUT2D eigenvalue weighted by Gasteiger charge is 2.06. The number of benzene rings is 1. The van der Waals surface area contributed by atoms with Gasteiger partial charge in [-0.3, -0.25) is 4.79 Å². The Hall–Kier alpha value is -1.20. The molecule has 0 spiro atoms. The van der Waals surface area contributed by atoms with Crippen molar-refractivity contribution in [2.24, 2.45) is 0 Å². The Morgan fingerprint density at radius 3 is 2.88 bits per heavy atom.